The van der Waals surface area contributed by atoms with E-state index < -0.39 is 6.04 Å². The van der Waals surface area contributed by atoms with Crippen LogP contribution in [0.25, 0.3) is 0 Å². The largest absolute Gasteiger partial charge is 0.491 e. The van der Waals surface area contributed by atoms with Crippen molar-refractivity contribution in [3.8, 4) is 5.75 Å². The van der Waals surface area contributed by atoms with Gasteiger partial charge in [-0.2, -0.15) is 5.10 Å². The fraction of sp³-hybridized carbons (Fsp3) is 0.250. The molecule has 0 radical (unpaired) electrons. The summed E-state index contributed by atoms with van der Waals surface area (Å²) in [6, 6.07) is 16.5. The van der Waals surface area contributed by atoms with Gasteiger partial charge in [0, 0.05) is 23.1 Å². The monoisotopic (exact) mass is 429 g/mol. The summed E-state index contributed by atoms with van der Waals surface area (Å²) >= 11 is 3.40. The van der Waals surface area contributed by atoms with Crippen molar-refractivity contribution in [1.82, 2.24) is 14.8 Å². The second kappa shape index (κ2) is 9.99. The summed E-state index contributed by atoms with van der Waals surface area (Å²) in [5, 5.41) is 4.13. The fourth-order valence-electron chi connectivity index (χ4n) is 2.63. The van der Waals surface area contributed by atoms with E-state index in [1.54, 1.807) is 23.1 Å². The van der Waals surface area contributed by atoms with E-state index in [1.165, 1.54) is 6.33 Å². The molecule has 1 atom stereocenters. The van der Waals surface area contributed by atoms with E-state index in [9.17, 15) is 4.79 Å². The smallest absolute Gasteiger partial charge is 0.187 e. The van der Waals surface area contributed by atoms with Crippen LogP contribution in [0.15, 0.2) is 71.7 Å². The summed E-state index contributed by atoms with van der Waals surface area (Å²) in [5.41, 5.74) is 0.622. The Morgan fingerprint density at radius 3 is 2.67 bits per heavy atom. The van der Waals surface area contributed by atoms with Crippen LogP contribution in [0, 0.1) is 0 Å². The number of aromatic nitrogens is 3. The molecule has 0 aliphatic carbocycles. The highest BCUT2D eigenvalue weighted by atomic mass is 79.9. The number of hydrogen-bond acceptors (Lipinski definition) is 5. The van der Waals surface area contributed by atoms with Crippen LogP contribution in [0.3, 0.4) is 0 Å². The normalized spacial score (nSPS) is 11.9. The molecule has 0 fully saturated rings. The molecular weight excluding hydrogens is 410 g/mol. The first-order chi connectivity index (χ1) is 13.2. The molecule has 27 heavy (non-hydrogen) atoms. The van der Waals surface area contributed by atoms with E-state index >= 15 is 0 Å². The summed E-state index contributed by atoms with van der Waals surface area (Å²) < 4.78 is 13.7. The molecule has 0 saturated carbocycles. The molecule has 0 aliphatic rings. The molecule has 0 spiro atoms. The second-order valence-corrected chi connectivity index (χ2v) is 6.74. The average Bonchev–Trinajstić information content (AvgIpc) is 3.22. The standard InChI is InChI=1S/C20H20BrN3O3/c21-17-6-4-5-16(13-17)20(25)19(24-15-22-14-23-24)9-10-26-11-12-27-18-7-2-1-3-8-18/h1-8,13-15,19H,9-12H2. The number of carbonyl (C=O) groups excluding carboxylic acids is 1. The molecule has 0 saturated heterocycles. The maximum absolute atomic E-state index is 12.9. The number of carbonyl (C=O) groups is 1. The van der Waals surface area contributed by atoms with Crippen molar-refractivity contribution in [2.45, 2.75) is 12.5 Å². The first-order valence-corrected chi connectivity index (χ1v) is 9.43. The molecule has 0 amide bonds. The van der Waals surface area contributed by atoms with Gasteiger partial charge in [-0.1, -0.05) is 46.3 Å². The summed E-state index contributed by atoms with van der Waals surface area (Å²) in [5.74, 6) is 0.789. The van der Waals surface area contributed by atoms with Crippen molar-refractivity contribution < 1.29 is 14.3 Å². The lowest BCUT2D eigenvalue weighted by Crippen LogP contribution is -2.22. The Morgan fingerprint density at radius 2 is 1.93 bits per heavy atom. The molecule has 140 valence electrons. The highest BCUT2D eigenvalue weighted by molar-refractivity contribution is 9.10. The molecule has 6 nitrogen and oxygen atoms in total. The minimum atomic E-state index is -0.461. The predicted molar refractivity (Wildman–Crippen MR) is 105 cm³/mol. The molecule has 1 heterocycles. The van der Waals surface area contributed by atoms with Crippen LogP contribution in [-0.4, -0.2) is 40.4 Å². The van der Waals surface area contributed by atoms with E-state index in [1.807, 2.05) is 42.5 Å². The SMILES string of the molecule is O=C(c1cccc(Br)c1)C(CCOCCOc1ccccc1)n1cncn1. The Hall–Kier alpha value is -2.51. The van der Waals surface area contributed by atoms with E-state index in [2.05, 4.69) is 26.0 Å². The number of rotatable bonds is 10. The number of halogens is 1. The summed E-state index contributed by atoms with van der Waals surface area (Å²) in [7, 11) is 0. The molecule has 7 heteroatoms. The maximum Gasteiger partial charge on any atom is 0.187 e. The zero-order valence-corrected chi connectivity index (χ0v) is 16.3. The summed E-state index contributed by atoms with van der Waals surface area (Å²) in [4.78, 5) is 16.9. The van der Waals surface area contributed by atoms with Gasteiger partial charge in [-0.25, -0.2) is 9.67 Å². The average molecular weight is 430 g/mol. The number of ketones is 1. The zero-order chi connectivity index (χ0) is 18.9. The Kier molecular flexibility index (Phi) is 7.12. The third-order valence-corrected chi connectivity index (χ3v) is 4.44. The van der Waals surface area contributed by atoms with Gasteiger partial charge in [0.25, 0.3) is 0 Å². The Bertz CT molecular complexity index is 841. The minimum Gasteiger partial charge on any atom is -0.491 e. The van der Waals surface area contributed by atoms with Crippen molar-refractivity contribution >= 4 is 21.7 Å². The quantitative estimate of drug-likeness (QED) is 0.360. The van der Waals surface area contributed by atoms with Crippen LogP contribution in [0.2, 0.25) is 0 Å². The van der Waals surface area contributed by atoms with Crippen LogP contribution >= 0.6 is 15.9 Å². The summed E-state index contributed by atoms with van der Waals surface area (Å²) in [6.45, 7) is 1.32. The lowest BCUT2D eigenvalue weighted by atomic mass is 10.0. The zero-order valence-electron chi connectivity index (χ0n) is 14.7. The molecular formula is C20H20BrN3O3. The van der Waals surface area contributed by atoms with Crippen LogP contribution in [0.4, 0.5) is 0 Å². The Labute approximate surface area is 166 Å². The van der Waals surface area contributed by atoms with Crippen LogP contribution in [0.1, 0.15) is 22.8 Å². The van der Waals surface area contributed by atoms with E-state index in [0.29, 0.717) is 31.8 Å². The number of benzene rings is 2. The van der Waals surface area contributed by atoms with Crippen molar-refractivity contribution in [3.05, 3.63) is 77.3 Å². The molecule has 0 bridgehead atoms. The Balaban J connectivity index is 1.51. The number of Topliss-reactive ketones (excluding diaryl/α,β-unsaturated/α-hetero) is 1. The maximum atomic E-state index is 12.9. The van der Waals surface area contributed by atoms with Gasteiger partial charge in [-0.15, -0.1) is 0 Å². The van der Waals surface area contributed by atoms with Gasteiger partial charge >= 0.3 is 0 Å². The van der Waals surface area contributed by atoms with Gasteiger partial charge in [0.05, 0.1) is 6.61 Å². The van der Waals surface area contributed by atoms with Crippen molar-refractivity contribution in [2.24, 2.45) is 0 Å². The molecule has 3 aromatic rings. The van der Waals surface area contributed by atoms with Crippen molar-refractivity contribution in [3.63, 3.8) is 0 Å². The highest BCUT2D eigenvalue weighted by Crippen LogP contribution is 2.20. The number of ether oxygens (including phenoxy) is 2. The van der Waals surface area contributed by atoms with Gasteiger partial charge in [0.15, 0.2) is 5.78 Å². The van der Waals surface area contributed by atoms with Crippen LogP contribution in [-0.2, 0) is 4.74 Å². The molecule has 2 aromatic carbocycles. The van der Waals surface area contributed by atoms with E-state index in [0.717, 1.165) is 10.2 Å². The third-order valence-electron chi connectivity index (χ3n) is 3.94. The third kappa shape index (κ3) is 5.74. The first kappa shape index (κ1) is 19.3. The minimum absolute atomic E-state index is 0.0223. The lowest BCUT2D eigenvalue weighted by Gasteiger charge is -2.16. The van der Waals surface area contributed by atoms with Gasteiger partial charge in [0.1, 0.15) is 31.1 Å². The first-order valence-electron chi connectivity index (χ1n) is 8.63. The molecule has 0 aliphatic heterocycles. The Morgan fingerprint density at radius 1 is 1.07 bits per heavy atom. The van der Waals surface area contributed by atoms with Crippen LogP contribution in [0.5, 0.6) is 5.75 Å². The lowest BCUT2D eigenvalue weighted by molar-refractivity contribution is 0.0762. The van der Waals surface area contributed by atoms with E-state index in [-0.39, 0.29) is 5.78 Å². The number of hydrogen-bond donors (Lipinski definition) is 0. The van der Waals surface area contributed by atoms with Crippen molar-refractivity contribution in [1.29, 1.82) is 0 Å². The van der Waals surface area contributed by atoms with Crippen molar-refractivity contribution in [2.75, 3.05) is 19.8 Å². The van der Waals surface area contributed by atoms with Gasteiger partial charge < -0.3 is 9.47 Å². The molecule has 3 rings (SSSR count). The van der Waals surface area contributed by atoms with E-state index in [4.69, 9.17) is 9.47 Å². The highest BCUT2D eigenvalue weighted by Gasteiger charge is 2.22. The molecule has 0 N–H and O–H groups in total. The van der Waals surface area contributed by atoms with Crippen LogP contribution < -0.4 is 4.74 Å². The number of para-hydroxylation sites is 1. The molecule has 1 aromatic heterocycles. The second-order valence-electron chi connectivity index (χ2n) is 5.83. The van der Waals surface area contributed by atoms with Gasteiger partial charge in [0.2, 0.25) is 0 Å². The topological polar surface area (TPSA) is 66.2 Å². The summed E-state index contributed by atoms with van der Waals surface area (Å²) in [6.07, 6.45) is 3.48. The van der Waals surface area contributed by atoms with Gasteiger partial charge in [-0.3, -0.25) is 4.79 Å². The molecule has 1 unspecified atom stereocenters. The fourth-order valence-corrected chi connectivity index (χ4v) is 3.03. The predicted octanol–water partition coefficient (Wildman–Crippen LogP) is 3.95. The van der Waals surface area contributed by atoms with Gasteiger partial charge in [-0.05, 0) is 24.3 Å². The number of nitrogens with zero attached hydrogens (tertiary/aromatic N) is 3.